The van der Waals surface area contributed by atoms with Crippen LogP contribution in [0.3, 0.4) is 0 Å². The first-order chi connectivity index (χ1) is 8.42. The number of carbonyl (C=O) groups excluding carboxylic acids is 1. The summed E-state index contributed by atoms with van der Waals surface area (Å²) in [7, 11) is 0. The lowest BCUT2D eigenvalue weighted by molar-refractivity contribution is 0.0696. The highest BCUT2D eigenvalue weighted by atomic mass is 19.1. The normalized spacial score (nSPS) is 22.8. The van der Waals surface area contributed by atoms with Gasteiger partial charge in [0.25, 0.3) is 0 Å². The highest BCUT2D eigenvalue weighted by molar-refractivity contribution is 5.99. The zero-order valence-corrected chi connectivity index (χ0v) is 11.4. The molecular weight excluding hydrogens is 227 g/mol. The minimum Gasteiger partial charge on any atom is -0.294 e. The van der Waals surface area contributed by atoms with E-state index in [9.17, 15) is 9.18 Å². The van der Waals surface area contributed by atoms with Crippen LogP contribution >= 0.6 is 0 Å². The Morgan fingerprint density at radius 2 is 2.06 bits per heavy atom. The summed E-state index contributed by atoms with van der Waals surface area (Å²) in [6.45, 7) is 6.19. The first kappa shape index (κ1) is 13.3. The number of benzene rings is 1. The average molecular weight is 248 g/mol. The molecule has 0 bridgehead atoms. The largest absolute Gasteiger partial charge is 0.294 e. The van der Waals surface area contributed by atoms with E-state index in [2.05, 4.69) is 13.8 Å². The van der Waals surface area contributed by atoms with Gasteiger partial charge >= 0.3 is 0 Å². The van der Waals surface area contributed by atoms with Crippen LogP contribution < -0.4 is 0 Å². The molecule has 1 aromatic rings. The van der Waals surface area contributed by atoms with Crippen LogP contribution in [0.4, 0.5) is 4.39 Å². The fourth-order valence-corrected chi connectivity index (χ4v) is 3.03. The molecule has 2 heteroatoms. The zero-order chi connectivity index (χ0) is 13.3. The lowest BCUT2D eigenvalue weighted by atomic mass is 9.66. The third kappa shape index (κ3) is 2.47. The molecule has 1 nitrogen and oxygen atoms in total. The Kier molecular flexibility index (Phi) is 3.56. The van der Waals surface area contributed by atoms with Gasteiger partial charge < -0.3 is 0 Å². The van der Waals surface area contributed by atoms with Crippen LogP contribution in [0.1, 0.15) is 55.5 Å². The fourth-order valence-electron chi connectivity index (χ4n) is 3.03. The van der Waals surface area contributed by atoms with Crippen molar-refractivity contribution in [1.82, 2.24) is 0 Å². The molecule has 0 heterocycles. The van der Waals surface area contributed by atoms with Crippen molar-refractivity contribution >= 4 is 5.78 Å². The number of hydrogen-bond acceptors (Lipinski definition) is 1. The summed E-state index contributed by atoms with van der Waals surface area (Å²) in [4.78, 5) is 12.6. The quantitative estimate of drug-likeness (QED) is 0.702. The van der Waals surface area contributed by atoms with Crippen molar-refractivity contribution in [2.75, 3.05) is 0 Å². The average Bonchev–Trinajstić information content (AvgIpc) is 2.31. The molecular formula is C16H21FO. The number of carbonyl (C=O) groups is 1. The third-order valence-electron chi connectivity index (χ3n) is 4.29. The van der Waals surface area contributed by atoms with Crippen molar-refractivity contribution in [3.05, 3.63) is 35.1 Å². The molecule has 0 aliphatic heterocycles. The maximum atomic E-state index is 13.3. The summed E-state index contributed by atoms with van der Waals surface area (Å²) >= 11 is 0. The number of ketones is 1. The van der Waals surface area contributed by atoms with Crippen molar-refractivity contribution in [3.63, 3.8) is 0 Å². The van der Waals surface area contributed by atoms with Gasteiger partial charge in [-0.05, 0) is 42.9 Å². The van der Waals surface area contributed by atoms with E-state index in [1.54, 1.807) is 6.07 Å². The van der Waals surface area contributed by atoms with E-state index in [0.717, 1.165) is 24.8 Å². The molecule has 1 aromatic carbocycles. The molecule has 0 radical (unpaired) electrons. The van der Waals surface area contributed by atoms with E-state index in [1.165, 1.54) is 18.6 Å². The van der Waals surface area contributed by atoms with Gasteiger partial charge in [0.2, 0.25) is 0 Å². The molecule has 2 rings (SSSR count). The Morgan fingerprint density at radius 3 is 2.72 bits per heavy atom. The summed E-state index contributed by atoms with van der Waals surface area (Å²) < 4.78 is 13.3. The number of halogens is 1. The maximum Gasteiger partial charge on any atom is 0.166 e. The third-order valence-corrected chi connectivity index (χ3v) is 4.29. The molecule has 0 N–H and O–H groups in total. The molecule has 1 saturated carbocycles. The van der Waals surface area contributed by atoms with Gasteiger partial charge in [0.15, 0.2) is 5.78 Å². The molecule has 98 valence electrons. The van der Waals surface area contributed by atoms with Crippen molar-refractivity contribution in [3.8, 4) is 0 Å². The Labute approximate surface area is 108 Å². The van der Waals surface area contributed by atoms with Crippen LogP contribution in [0.2, 0.25) is 0 Å². The van der Waals surface area contributed by atoms with Crippen LogP contribution in [0.25, 0.3) is 0 Å². The molecule has 1 unspecified atom stereocenters. The van der Waals surface area contributed by atoms with Crippen molar-refractivity contribution in [2.45, 2.75) is 46.5 Å². The van der Waals surface area contributed by atoms with Gasteiger partial charge in [-0.2, -0.15) is 0 Å². The highest BCUT2D eigenvalue weighted by Crippen LogP contribution is 2.42. The standard InChI is InChI=1S/C16H21FO/c1-11-7-8-12(17)10-13(11)15(18)14-6-4-5-9-16(14,2)3/h7-8,10,14H,4-6,9H2,1-3H3. The number of Topliss-reactive ketones (excluding diaryl/α,β-unsaturated/α-hetero) is 1. The molecule has 1 atom stereocenters. The van der Waals surface area contributed by atoms with Gasteiger partial charge in [-0.3, -0.25) is 4.79 Å². The predicted octanol–water partition coefficient (Wildman–Crippen LogP) is 4.53. The van der Waals surface area contributed by atoms with Gasteiger partial charge in [0.1, 0.15) is 5.82 Å². The summed E-state index contributed by atoms with van der Waals surface area (Å²) in [6.07, 6.45) is 4.31. The molecule has 18 heavy (non-hydrogen) atoms. The van der Waals surface area contributed by atoms with E-state index in [1.807, 2.05) is 6.92 Å². The van der Waals surface area contributed by atoms with E-state index in [4.69, 9.17) is 0 Å². The first-order valence-corrected chi connectivity index (χ1v) is 6.72. The minimum atomic E-state index is -0.322. The Balaban J connectivity index is 2.33. The fraction of sp³-hybridized carbons (Fsp3) is 0.562. The van der Waals surface area contributed by atoms with Crippen molar-refractivity contribution in [2.24, 2.45) is 11.3 Å². The SMILES string of the molecule is Cc1ccc(F)cc1C(=O)C1CCCCC1(C)C. The Bertz CT molecular complexity index is 462. The summed E-state index contributed by atoms with van der Waals surface area (Å²) in [6, 6.07) is 4.50. The maximum absolute atomic E-state index is 13.3. The van der Waals surface area contributed by atoms with Crippen LogP contribution in [-0.4, -0.2) is 5.78 Å². The number of aryl methyl sites for hydroxylation is 1. The molecule has 1 aliphatic rings. The molecule has 1 aliphatic carbocycles. The lowest BCUT2D eigenvalue weighted by Crippen LogP contribution is -2.34. The summed E-state index contributed by atoms with van der Waals surface area (Å²) in [5, 5.41) is 0. The lowest BCUT2D eigenvalue weighted by Gasteiger charge is -2.37. The molecule has 1 fully saturated rings. The van der Waals surface area contributed by atoms with Gasteiger partial charge in [0, 0.05) is 11.5 Å². The van der Waals surface area contributed by atoms with Crippen molar-refractivity contribution < 1.29 is 9.18 Å². The van der Waals surface area contributed by atoms with Gasteiger partial charge in [-0.1, -0.05) is 32.8 Å². The molecule has 0 saturated heterocycles. The minimum absolute atomic E-state index is 0.0340. The van der Waals surface area contributed by atoms with E-state index < -0.39 is 0 Å². The van der Waals surface area contributed by atoms with Gasteiger partial charge in [-0.25, -0.2) is 4.39 Å². The summed E-state index contributed by atoms with van der Waals surface area (Å²) in [5.74, 6) is -0.166. The van der Waals surface area contributed by atoms with Crippen LogP contribution in [0, 0.1) is 24.1 Å². The second kappa shape index (κ2) is 4.83. The van der Waals surface area contributed by atoms with Crippen LogP contribution in [0.5, 0.6) is 0 Å². The topological polar surface area (TPSA) is 17.1 Å². The van der Waals surface area contributed by atoms with Crippen LogP contribution in [-0.2, 0) is 0 Å². The summed E-state index contributed by atoms with van der Waals surface area (Å²) in [5.41, 5.74) is 1.48. The molecule has 0 amide bonds. The molecule has 0 spiro atoms. The van der Waals surface area contributed by atoms with E-state index >= 15 is 0 Å². The van der Waals surface area contributed by atoms with Crippen molar-refractivity contribution in [1.29, 1.82) is 0 Å². The molecule has 0 aromatic heterocycles. The second-order valence-corrected chi connectivity index (χ2v) is 6.11. The monoisotopic (exact) mass is 248 g/mol. The van der Waals surface area contributed by atoms with E-state index in [-0.39, 0.29) is 22.9 Å². The Morgan fingerprint density at radius 1 is 1.33 bits per heavy atom. The van der Waals surface area contributed by atoms with E-state index in [0.29, 0.717) is 5.56 Å². The first-order valence-electron chi connectivity index (χ1n) is 6.72. The Hall–Kier alpha value is -1.18. The predicted molar refractivity (Wildman–Crippen MR) is 71.2 cm³/mol. The number of hydrogen-bond donors (Lipinski definition) is 0. The zero-order valence-electron chi connectivity index (χ0n) is 11.4. The highest BCUT2D eigenvalue weighted by Gasteiger charge is 2.37. The second-order valence-electron chi connectivity index (χ2n) is 6.11. The smallest absolute Gasteiger partial charge is 0.166 e. The van der Waals surface area contributed by atoms with Gasteiger partial charge in [0.05, 0.1) is 0 Å². The van der Waals surface area contributed by atoms with Crippen LogP contribution in [0.15, 0.2) is 18.2 Å². The number of rotatable bonds is 2. The van der Waals surface area contributed by atoms with Gasteiger partial charge in [-0.15, -0.1) is 0 Å².